The number of hydrogen-bond donors (Lipinski definition) is 1. The van der Waals surface area contributed by atoms with Crippen LogP contribution in [-0.4, -0.2) is 20.2 Å². The van der Waals surface area contributed by atoms with Gasteiger partial charge in [0, 0.05) is 3.57 Å². The summed E-state index contributed by atoms with van der Waals surface area (Å²) in [4.78, 5) is 11.4. The van der Waals surface area contributed by atoms with Crippen molar-refractivity contribution in [2.24, 2.45) is 0 Å². The predicted molar refractivity (Wildman–Crippen MR) is 69.4 cm³/mol. The number of H-pyrrole nitrogens is 1. The smallest absolute Gasteiger partial charge is 0.244 e. The quantitative estimate of drug-likeness (QED) is 0.852. The maximum absolute atomic E-state index is 11.4. The van der Waals surface area contributed by atoms with Crippen LogP contribution in [0, 0.1) is 3.57 Å². The molecule has 6 heteroatoms. The number of nitrogens with zero attached hydrogens (tertiary/aromatic N) is 3. The number of tetrazole rings is 1. The van der Waals surface area contributed by atoms with Crippen LogP contribution < -0.4 is 5.69 Å². The second-order valence-corrected chi connectivity index (χ2v) is 4.42. The maximum atomic E-state index is 11.4. The van der Waals surface area contributed by atoms with Crippen LogP contribution in [0.25, 0.3) is 11.3 Å². The van der Waals surface area contributed by atoms with E-state index in [4.69, 9.17) is 0 Å². The summed E-state index contributed by atoms with van der Waals surface area (Å²) in [5, 5.41) is 9.44. The molecular formula is C10H9IN4O. The van der Waals surface area contributed by atoms with Gasteiger partial charge in [0.25, 0.3) is 0 Å². The number of nitrogens with one attached hydrogen (secondary N) is 1. The van der Waals surface area contributed by atoms with E-state index in [1.54, 1.807) is 0 Å². The highest BCUT2D eigenvalue weighted by atomic mass is 127. The van der Waals surface area contributed by atoms with Crippen molar-refractivity contribution in [1.29, 1.82) is 0 Å². The average Bonchev–Trinajstić information content (AvgIpc) is 2.64. The topological polar surface area (TPSA) is 63.6 Å². The van der Waals surface area contributed by atoms with Crippen molar-refractivity contribution < 1.29 is 0 Å². The lowest BCUT2D eigenvalue weighted by molar-refractivity contribution is 0.776. The summed E-state index contributed by atoms with van der Waals surface area (Å²) < 4.78 is 2.16. The fourth-order valence-electron chi connectivity index (χ4n) is 1.37. The first kappa shape index (κ1) is 11.1. The highest BCUT2D eigenvalue weighted by molar-refractivity contribution is 14.1. The number of aromatic nitrogens is 4. The summed E-state index contributed by atoms with van der Waals surface area (Å²) in [6, 6.07) is 5.64. The van der Waals surface area contributed by atoms with Crippen LogP contribution >= 0.6 is 22.6 Å². The van der Waals surface area contributed by atoms with E-state index in [0.717, 1.165) is 14.7 Å². The summed E-state index contributed by atoms with van der Waals surface area (Å²) in [7, 11) is 0. The van der Waals surface area contributed by atoms with E-state index in [0.29, 0.717) is 5.69 Å². The van der Waals surface area contributed by atoms with Gasteiger partial charge in [0.2, 0.25) is 0 Å². The predicted octanol–water partition coefficient (Wildman–Crippen LogP) is 1.59. The van der Waals surface area contributed by atoms with E-state index < -0.39 is 0 Å². The van der Waals surface area contributed by atoms with Crippen LogP contribution in [0.5, 0.6) is 0 Å². The Hall–Kier alpha value is -1.44. The van der Waals surface area contributed by atoms with E-state index in [1.807, 2.05) is 25.1 Å². The van der Waals surface area contributed by atoms with Gasteiger partial charge in [-0.25, -0.2) is 9.89 Å². The monoisotopic (exact) mass is 328 g/mol. The Morgan fingerprint density at radius 3 is 2.88 bits per heavy atom. The van der Waals surface area contributed by atoms with Gasteiger partial charge in [-0.2, -0.15) is 4.68 Å². The number of rotatable bonds is 2. The molecule has 0 amide bonds. The van der Waals surface area contributed by atoms with Gasteiger partial charge in [0.1, 0.15) is 0 Å². The minimum atomic E-state index is -0.350. The van der Waals surface area contributed by atoms with E-state index in [9.17, 15) is 4.79 Å². The second kappa shape index (κ2) is 4.20. The Bertz CT molecular complexity index is 599. The normalized spacial score (nSPS) is 10.4. The van der Waals surface area contributed by atoms with Crippen molar-refractivity contribution >= 4 is 28.2 Å². The number of halogens is 1. The van der Waals surface area contributed by atoms with Crippen molar-refractivity contribution in [3.05, 3.63) is 44.4 Å². The number of benzene rings is 1. The molecule has 0 aliphatic rings. The molecule has 0 unspecified atom stereocenters. The third-order valence-electron chi connectivity index (χ3n) is 2.14. The van der Waals surface area contributed by atoms with Gasteiger partial charge in [0.15, 0.2) is 0 Å². The molecule has 0 bridgehead atoms. The molecule has 82 valence electrons. The molecule has 1 aromatic carbocycles. The molecule has 1 aromatic heterocycles. The molecule has 1 N–H and O–H groups in total. The molecule has 1 heterocycles. The molecule has 16 heavy (non-hydrogen) atoms. The van der Waals surface area contributed by atoms with Crippen LogP contribution in [0.15, 0.2) is 29.6 Å². The molecule has 0 aliphatic heterocycles. The first-order chi connectivity index (χ1) is 7.61. The zero-order valence-corrected chi connectivity index (χ0v) is 10.7. The molecule has 0 radical (unpaired) electrons. The van der Waals surface area contributed by atoms with Crippen LogP contribution in [0.1, 0.15) is 12.5 Å². The molecule has 0 atom stereocenters. The molecule has 0 fully saturated rings. The minimum absolute atomic E-state index is 0.350. The molecule has 0 saturated carbocycles. The van der Waals surface area contributed by atoms with Crippen molar-refractivity contribution in [2.75, 3.05) is 0 Å². The summed E-state index contributed by atoms with van der Waals surface area (Å²) in [6.07, 6.45) is 0. The Kier molecular flexibility index (Phi) is 2.90. The van der Waals surface area contributed by atoms with Gasteiger partial charge >= 0.3 is 5.69 Å². The third-order valence-corrected chi connectivity index (χ3v) is 3.27. The van der Waals surface area contributed by atoms with Gasteiger partial charge in [0.05, 0.1) is 5.69 Å². The summed E-state index contributed by atoms with van der Waals surface area (Å²) >= 11 is 2.17. The molecule has 2 aromatic rings. The Labute approximate surface area is 105 Å². The highest BCUT2D eigenvalue weighted by Gasteiger charge is 2.10. The van der Waals surface area contributed by atoms with E-state index >= 15 is 0 Å². The number of aromatic amines is 1. The standard InChI is InChI=1S/C10H9IN4O/c1-6(2)7-4-3-5-8(9(7)11)15-10(16)12-13-14-15/h3-5H,1H2,2H3,(H,12,14,16). The molecule has 0 aliphatic carbocycles. The van der Waals surface area contributed by atoms with E-state index in [2.05, 4.69) is 44.7 Å². The molecule has 0 spiro atoms. The van der Waals surface area contributed by atoms with Gasteiger partial charge in [-0.05, 0) is 57.1 Å². The minimum Gasteiger partial charge on any atom is -0.244 e. The maximum Gasteiger partial charge on any atom is 0.365 e. The molecule has 0 saturated heterocycles. The summed E-state index contributed by atoms with van der Waals surface area (Å²) in [5.41, 5.74) is 2.31. The SMILES string of the molecule is C=C(C)c1cccc(-n2nn[nH]c2=O)c1I. The van der Waals surface area contributed by atoms with Gasteiger partial charge in [-0.3, -0.25) is 0 Å². The lowest BCUT2D eigenvalue weighted by Gasteiger charge is -2.07. The van der Waals surface area contributed by atoms with Crippen LogP contribution in [0.4, 0.5) is 0 Å². The van der Waals surface area contributed by atoms with Gasteiger partial charge in [-0.15, -0.1) is 0 Å². The Morgan fingerprint density at radius 1 is 1.56 bits per heavy atom. The molecular weight excluding hydrogens is 319 g/mol. The van der Waals surface area contributed by atoms with Crippen molar-refractivity contribution in [3.63, 3.8) is 0 Å². The number of hydrogen-bond acceptors (Lipinski definition) is 3. The van der Waals surface area contributed by atoms with Crippen LogP contribution in [0.3, 0.4) is 0 Å². The number of allylic oxidation sites excluding steroid dienone is 1. The zero-order valence-electron chi connectivity index (χ0n) is 8.57. The second-order valence-electron chi connectivity index (χ2n) is 3.34. The van der Waals surface area contributed by atoms with E-state index in [-0.39, 0.29) is 5.69 Å². The average molecular weight is 328 g/mol. The van der Waals surface area contributed by atoms with E-state index in [1.165, 1.54) is 4.68 Å². The Morgan fingerprint density at radius 2 is 2.31 bits per heavy atom. The van der Waals surface area contributed by atoms with Gasteiger partial charge in [-0.1, -0.05) is 18.7 Å². The largest absolute Gasteiger partial charge is 0.365 e. The molecule has 5 nitrogen and oxygen atoms in total. The first-order valence-corrected chi connectivity index (χ1v) is 5.64. The third kappa shape index (κ3) is 1.80. The lowest BCUT2D eigenvalue weighted by atomic mass is 10.1. The van der Waals surface area contributed by atoms with Gasteiger partial charge < -0.3 is 0 Å². The van der Waals surface area contributed by atoms with Crippen molar-refractivity contribution in [3.8, 4) is 5.69 Å². The Balaban J connectivity index is 2.68. The fraction of sp³-hybridized carbons (Fsp3) is 0.100. The fourth-order valence-corrected chi connectivity index (χ4v) is 2.42. The van der Waals surface area contributed by atoms with Crippen molar-refractivity contribution in [1.82, 2.24) is 20.2 Å². The van der Waals surface area contributed by atoms with Crippen molar-refractivity contribution in [2.45, 2.75) is 6.92 Å². The van der Waals surface area contributed by atoms with Crippen LogP contribution in [0.2, 0.25) is 0 Å². The van der Waals surface area contributed by atoms with Crippen LogP contribution in [-0.2, 0) is 0 Å². The lowest BCUT2D eigenvalue weighted by Crippen LogP contribution is -2.17. The summed E-state index contributed by atoms with van der Waals surface area (Å²) in [5.74, 6) is 0. The highest BCUT2D eigenvalue weighted by Crippen LogP contribution is 2.24. The molecule has 2 rings (SSSR count). The first-order valence-electron chi connectivity index (χ1n) is 4.56. The zero-order chi connectivity index (χ0) is 11.7. The summed E-state index contributed by atoms with van der Waals surface area (Å²) in [6.45, 7) is 5.82.